The molecule has 0 saturated carbocycles. The molecule has 0 aliphatic carbocycles. The van der Waals surface area contributed by atoms with Gasteiger partial charge in [-0.25, -0.2) is 9.67 Å². The van der Waals surface area contributed by atoms with Crippen LogP contribution >= 0.6 is 0 Å². The Hall–Kier alpha value is -2.90. The molecule has 0 bridgehead atoms. The Morgan fingerprint density at radius 1 is 1.00 bits per heavy atom. The van der Waals surface area contributed by atoms with Crippen LogP contribution in [0.5, 0.6) is 0 Å². The van der Waals surface area contributed by atoms with Crippen molar-refractivity contribution in [2.24, 2.45) is 0 Å². The molecule has 24 heavy (non-hydrogen) atoms. The van der Waals surface area contributed by atoms with Gasteiger partial charge in [-0.2, -0.15) is 23.3 Å². The van der Waals surface area contributed by atoms with Crippen molar-refractivity contribution in [2.45, 2.75) is 20.0 Å². The fourth-order valence-electron chi connectivity index (χ4n) is 2.31. The molecule has 124 valence electrons. The molecule has 3 rings (SSSR count). The maximum absolute atomic E-state index is 13.4. The summed E-state index contributed by atoms with van der Waals surface area (Å²) in [4.78, 5) is 7.74. The van der Waals surface area contributed by atoms with E-state index < -0.39 is 11.9 Å². The zero-order valence-electron chi connectivity index (χ0n) is 13.0. The Kier molecular flexibility index (Phi) is 3.75. The standard InChI is InChI=1S/C16H14F3N5/c1-9-3-5-11(6-4-9)12-8-13(16(17,18)19)24(23-12)14-7-10(2)21-15(20)22-14/h3-8H,1-2H3,(H2,20,21,22). The van der Waals surface area contributed by atoms with Gasteiger partial charge in [-0.1, -0.05) is 29.8 Å². The van der Waals surface area contributed by atoms with Crippen LogP contribution < -0.4 is 5.73 Å². The van der Waals surface area contributed by atoms with Crippen molar-refractivity contribution in [1.29, 1.82) is 0 Å². The highest BCUT2D eigenvalue weighted by Gasteiger charge is 2.37. The lowest BCUT2D eigenvalue weighted by Gasteiger charge is -2.10. The molecule has 0 spiro atoms. The third-order valence-electron chi connectivity index (χ3n) is 3.42. The second-order valence-corrected chi connectivity index (χ2v) is 5.42. The summed E-state index contributed by atoms with van der Waals surface area (Å²) in [7, 11) is 0. The van der Waals surface area contributed by atoms with E-state index in [0.717, 1.165) is 16.3 Å². The van der Waals surface area contributed by atoms with Gasteiger partial charge in [0.05, 0.1) is 5.69 Å². The van der Waals surface area contributed by atoms with E-state index in [1.54, 1.807) is 19.1 Å². The van der Waals surface area contributed by atoms with E-state index in [4.69, 9.17) is 5.73 Å². The molecule has 2 N–H and O–H groups in total. The summed E-state index contributed by atoms with van der Waals surface area (Å²) in [5.41, 5.74) is 6.88. The molecule has 3 aromatic rings. The summed E-state index contributed by atoms with van der Waals surface area (Å²) in [5, 5.41) is 4.08. The Morgan fingerprint density at radius 2 is 1.67 bits per heavy atom. The number of aryl methyl sites for hydroxylation is 2. The van der Waals surface area contributed by atoms with Crippen LogP contribution in [0.15, 0.2) is 36.4 Å². The average Bonchev–Trinajstić information content (AvgIpc) is 2.92. The van der Waals surface area contributed by atoms with Gasteiger partial charge in [-0.3, -0.25) is 0 Å². The van der Waals surface area contributed by atoms with Crippen molar-refractivity contribution < 1.29 is 13.2 Å². The Morgan fingerprint density at radius 3 is 2.25 bits per heavy atom. The number of anilines is 1. The van der Waals surface area contributed by atoms with Gasteiger partial charge in [-0.05, 0) is 19.9 Å². The Balaban J connectivity index is 2.19. The summed E-state index contributed by atoms with van der Waals surface area (Å²) in [6.45, 7) is 3.52. The number of hydrogen-bond acceptors (Lipinski definition) is 4. The highest BCUT2D eigenvalue weighted by molar-refractivity contribution is 5.60. The van der Waals surface area contributed by atoms with Crippen molar-refractivity contribution in [3.05, 3.63) is 53.3 Å². The van der Waals surface area contributed by atoms with E-state index in [1.165, 1.54) is 6.07 Å². The predicted molar refractivity (Wildman–Crippen MR) is 83.5 cm³/mol. The first-order valence-electron chi connectivity index (χ1n) is 7.10. The third-order valence-corrected chi connectivity index (χ3v) is 3.42. The molecular formula is C16H14F3N5. The first-order valence-corrected chi connectivity index (χ1v) is 7.10. The molecule has 1 aromatic carbocycles. The summed E-state index contributed by atoms with van der Waals surface area (Å²) in [5.74, 6) is -0.129. The van der Waals surface area contributed by atoms with E-state index in [0.29, 0.717) is 11.3 Å². The number of rotatable bonds is 2. The molecule has 0 saturated heterocycles. The summed E-state index contributed by atoms with van der Waals surface area (Å²) >= 11 is 0. The minimum atomic E-state index is -4.58. The van der Waals surface area contributed by atoms with Crippen molar-refractivity contribution in [3.8, 4) is 17.1 Å². The second-order valence-electron chi connectivity index (χ2n) is 5.42. The van der Waals surface area contributed by atoms with Gasteiger partial charge in [0.15, 0.2) is 11.5 Å². The lowest BCUT2D eigenvalue weighted by Crippen LogP contribution is -2.15. The van der Waals surface area contributed by atoms with E-state index in [9.17, 15) is 13.2 Å². The first-order chi connectivity index (χ1) is 11.2. The molecule has 0 aliphatic heterocycles. The normalized spacial score (nSPS) is 11.7. The number of nitrogens with zero attached hydrogens (tertiary/aromatic N) is 4. The fourth-order valence-corrected chi connectivity index (χ4v) is 2.31. The molecule has 0 amide bonds. The average molecular weight is 333 g/mol. The van der Waals surface area contributed by atoms with Crippen LogP contribution in [0.25, 0.3) is 17.1 Å². The minimum absolute atomic E-state index is 0.0225. The number of nitrogen functional groups attached to an aromatic ring is 1. The summed E-state index contributed by atoms with van der Waals surface area (Å²) < 4.78 is 40.9. The fraction of sp³-hybridized carbons (Fsp3) is 0.188. The molecule has 0 fully saturated rings. The molecule has 2 heterocycles. The topological polar surface area (TPSA) is 69.6 Å². The molecule has 2 aromatic heterocycles. The minimum Gasteiger partial charge on any atom is -0.368 e. The maximum Gasteiger partial charge on any atom is 0.433 e. The van der Waals surface area contributed by atoms with Gasteiger partial charge in [0, 0.05) is 17.3 Å². The quantitative estimate of drug-likeness (QED) is 0.779. The second kappa shape index (κ2) is 5.63. The van der Waals surface area contributed by atoms with Crippen LogP contribution in [0.1, 0.15) is 17.0 Å². The summed E-state index contributed by atoms with van der Waals surface area (Å²) in [6, 6.07) is 9.47. The lowest BCUT2D eigenvalue weighted by molar-refractivity contribution is -0.142. The lowest BCUT2D eigenvalue weighted by atomic mass is 10.1. The van der Waals surface area contributed by atoms with Crippen LogP contribution in [0.4, 0.5) is 19.1 Å². The van der Waals surface area contributed by atoms with Gasteiger partial charge in [-0.15, -0.1) is 0 Å². The van der Waals surface area contributed by atoms with E-state index in [1.807, 2.05) is 19.1 Å². The highest BCUT2D eigenvalue weighted by atomic mass is 19.4. The third kappa shape index (κ3) is 3.08. The van der Waals surface area contributed by atoms with Crippen molar-refractivity contribution in [1.82, 2.24) is 19.7 Å². The van der Waals surface area contributed by atoms with E-state index in [2.05, 4.69) is 15.1 Å². The molecular weight excluding hydrogens is 319 g/mol. The number of halogens is 3. The number of benzene rings is 1. The highest BCUT2D eigenvalue weighted by Crippen LogP contribution is 2.33. The number of nitrogens with two attached hydrogens (primary N) is 1. The maximum atomic E-state index is 13.4. The monoisotopic (exact) mass is 333 g/mol. The van der Waals surface area contributed by atoms with Gasteiger partial charge >= 0.3 is 6.18 Å². The largest absolute Gasteiger partial charge is 0.433 e. The molecule has 0 atom stereocenters. The Labute approximate surface area is 136 Å². The van der Waals surface area contributed by atoms with Crippen LogP contribution in [0.2, 0.25) is 0 Å². The van der Waals surface area contributed by atoms with Crippen molar-refractivity contribution >= 4 is 5.95 Å². The van der Waals surface area contributed by atoms with Crippen molar-refractivity contribution in [3.63, 3.8) is 0 Å². The number of alkyl halides is 3. The SMILES string of the molecule is Cc1ccc(-c2cc(C(F)(F)F)n(-c3cc(C)nc(N)n3)n2)cc1. The molecule has 0 unspecified atom stereocenters. The molecule has 0 radical (unpaired) electrons. The smallest absolute Gasteiger partial charge is 0.368 e. The number of hydrogen-bond donors (Lipinski definition) is 1. The van der Waals surface area contributed by atoms with Crippen LogP contribution in [0.3, 0.4) is 0 Å². The van der Waals surface area contributed by atoms with Crippen molar-refractivity contribution in [2.75, 3.05) is 5.73 Å². The number of aromatic nitrogens is 4. The molecule has 5 nitrogen and oxygen atoms in total. The van der Waals surface area contributed by atoms with Gasteiger partial charge in [0.1, 0.15) is 0 Å². The first kappa shape index (κ1) is 16.0. The predicted octanol–water partition coefficient (Wildman–Crippen LogP) is 3.55. The van der Waals surface area contributed by atoms with Gasteiger partial charge in [0.2, 0.25) is 5.95 Å². The zero-order chi connectivity index (χ0) is 17.5. The Bertz CT molecular complexity index is 861. The van der Waals surface area contributed by atoms with E-state index in [-0.39, 0.29) is 17.5 Å². The zero-order valence-corrected chi connectivity index (χ0v) is 13.0. The van der Waals surface area contributed by atoms with Crippen LogP contribution in [0, 0.1) is 13.8 Å². The molecule has 8 heteroatoms. The summed E-state index contributed by atoms with van der Waals surface area (Å²) in [6.07, 6.45) is -4.58. The van der Waals surface area contributed by atoms with E-state index >= 15 is 0 Å². The molecule has 0 aliphatic rings. The van der Waals surface area contributed by atoms with Crippen LogP contribution in [-0.4, -0.2) is 19.7 Å². The van der Waals surface area contributed by atoms with Crippen LogP contribution in [-0.2, 0) is 6.18 Å². The van der Waals surface area contributed by atoms with Gasteiger partial charge < -0.3 is 5.73 Å². The van der Waals surface area contributed by atoms with Gasteiger partial charge in [0.25, 0.3) is 0 Å².